The van der Waals surface area contributed by atoms with Crippen LogP contribution in [0.25, 0.3) is 0 Å². The summed E-state index contributed by atoms with van der Waals surface area (Å²) in [6.45, 7) is 6.29. The standard InChI is InChI=1S/C14H20FNO/c1-5-14(2,3)13(17)16(4)10-11-7-6-8-12(15)9-11/h6-9H,5,10H2,1-4H3. The highest BCUT2D eigenvalue weighted by Crippen LogP contribution is 2.23. The van der Waals surface area contributed by atoms with Crippen LogP contribution in [0.2, 0.25) is 0 Å². The van der Waals surface area contributed by atoms with Crippen LogP contribution in [0, 0.1) is 11.2 Å². The summed E-state index contributed by atoms with van der Waals surface area (Å²) in [4.78, 5) is 13.8. The number of hydrogen-bond donors (Lipinski definition) is 0. The summed E-state index contributed by atoms with van der Waals surface area (Å²) in [5.41, 5.74) is 0.454. The fourth-order valence-electron chi connectivity index (χ4n) is 1.65. The van der Waals surface area contributed by atoms with Gasteiger partial charge in [0.15, 0.2) is 0 Å². The molecular formula is C14H20FNO. The fraction of sp³-hybridized carbons (Fsp3) is 0.500. The van der Waals surface area contributed by atoms with Crippen molar-refractivity contribution in [3.8, 4) is 0 Å². The summed E-state index contributed by atoms with van der Waals surface area (Å²) >= 11 is 0. The number of benzene rings is 1. The van der Waals surface area contributed by atoms with Crippen molar-refractivity contribution in [1.82, 2.24) is 4.90 Å². The van der Waals surface area contributed by atoms with E-state index in [0.717, 1.165) is 12.0 Å². The van der Waals surface area contributed by atoms with Gasteiger partial charge < -0.3 is 4.90 Å². The first kappa shape index (κ1) is 13.7. The molecule has 0 aliphatic carbocycles. The molecule has 1 rings (SSSR count). The first-order chi connectivity index (χ1) is 7.86. The average molecular weight is 237 g/mol. The normalized spacial score (nSPS) is 11.4. The maximum Gasteiger partial charge on any atom is 0.228 e. The molecule has 0 bridgehead atoms. The summed E-state index contributed by atoms with van der Waals surface area (Å²) < 4.78 is 13.0. The van der Waals surface area contributed by atoms with Gasteiger partial charge in [-0.2, -0.15) is 0 Å². The Labute approximate surface area is 102 Å². The molecule has 0 radical (unpaired) electrons. The average Bonchev–Trinajstić information content (AvgIpc) is 2.28. The van der Waals surface area contributed by atoms with Gasteiger partial charge in [-0.15, -0.1) is 0 Å². The molecule has 0 aliphatic heterocycles. The monoisotopic (exact) mass is 237 g/mol. The minimum Gasteiger partial charge on any atom is -0.341 e. The first-order valence-corrected chi connectivity index (χ1v) is 5.87. The minimum atomic E-state index is -0.359. The molecule has 0 fully saturated rings. The maximum absolute atomic E-state index is 13.0. The predicted molar refractivity (Wildman–Crippen MR) is 66.9 cm³/mol. The van der Waals surface area contributed by atoms with E-state index in [-0.39, 0.29) is 17.1 Å². The second-order valence-corrected chi connectivity index (χ2v) is 5.03. The predicted octanol–water partition coefficient (Wildman–Crippen LogP) is 3.22. The number of carbonyl (C=O) groups excluding carboxylic acids is 1. The van der Waals surface area contributed by atoms with Crippen LogP contribution in [0.5, 0.6) is 0 Å². The lowest BCUT2D eigenvalue weighted by Crippen LogP contribution is -2.37. The van der Waals surface area contributed by atoms with E-state index in [1.807, 2.05) is 26.8 Å². The van der Waals surface area contributed by atoms with Crippen LogP contribution < -0.4 is 0 Å². The zero-order valence-electron chi connectivity index (χ0n) is 11.0. The largest absolute Gasteiger partial charge is 0.341 e. The smallest absolute Gasteiger partial charge is 0.228 e. The van der Waals surface area contributed by atoms with E-state index in [4.69, 9.17) is 0 Å². The lowest BCUT2D eigenvalue weighted by Gasteiger charge is -2.28. The lowest BCUT2D eigenvalue weighted by molar-refractivity contribution is -0.139. The molecule has 0 N–H and O–H groups in total. The van der Waals surface area contributed by atoms with Crippen molar-refractivity contribution < 1.29 is 9.18 Å². The van der Waals surface area contributed by atoms with Gasteiger partial charge in [0.1, 0.15) is 5.82 Å². The van der Waals surface area contributed by atoms with Gasteiger partial charge in [-0.3, -0.25) is 4.79 Å². The molecule has 94 valence electrons. The molecule has 0 saturated heterocycles. The van der Waals surface area contributed by atoms with Crippen molar-refractivity contribution in [3.05, 3.63) is 35.6 Å². The summed E-state index contributed by atoms with van der Waals surface area (Å²) in [5.74, 6) is -0.178. The van der Waals surface area contributed by atoms with Crippen molar-refractivity contribution in [1.29, 1.82) is 0 Å². The molecule has 3 heteroatoms. The second-order valence-electron chi connectivity index (χ2n) is 5.03. The molecule has 0 saturated carbocycles. The van der Waals surface area contributed by atoms with Crippen molar-refractivity contribution >= 4 is 5.91 Å². The van der Waals surface area contributed by atoms with Crippen LogP contribution in [-0.4, -0.2) is 17.9 Å². The van der Waals surface area contributed by atoms with E-state index >= 15 is 0 Å². The Kier molecular flexibility index (Phi) is 4.27. The highest BCUT2D eigenvalue weighted by atomic mass is 19.1. The maximum atomic E-state index is 13.0. The van der Waals surface area contributed by atoms with Gasteiger partial charge in [-0.1, -0.05) is 32.9 Å². The third kappa shape index (κ3) is 3.55. The van der Waals surface area contributed by atoms with Gasteiger partial charge >= 0.3 is 0 Å². The SMILES string of the molecule is CCC(C)(C)C(=O)N(C)Cc1cccc(F)c1. The zero-order chi connectivity index (χ0) is 13.1. The molecule has 1 aromatic rings. The van der Waals surface area contributed by atoms with Crippen molar-refractivity contribution in [3.63, 3.8) is 0 Å². The van der Waals surface area contributed by atoms with Crippen LogP contribution in [0.3, 0.4) is 0 Å². The van der Waals surface area contributed by atoms with E-state index in [1.54, 1.807) is 18.0 Å². The molecule has 0 aromatic heterocycles. The summed E-state index contributed by atoms with van der Waals surface area (Å²) in [6, 6.07) is 6.35. The highest BCUT2D eigenvalue weighted by molar-refractivity contribution is 5.81. The van der Waals surface area contributed by atoms with Gasteiger partial charge in [0.2, 0.25) is 5.91 Å². The molecule has 0 unspecified atom stereocenters. The van der Waals surface area contributed by atoms with Crippen LogP contribution in [0.4, 0.5) is 4.39 Å². The topological polar surface area (TPSA) is 20.3 Å². The van der Waals surface area contributed by atoms with Crippen molar-refractivity contribution in [2.24, 2.45) is 5.41 Å². The molecule has 1 aromatic carbocycles. The number of hydrogen-bond acceptors (Lipinski definition) is 1. The van der Waals surface area contributed by atoms with Gasteiger partial charge in [-0.25, -0.2) is 4.39 Å². The Morgan fingerprint density at radius 2 is 2.06 bits per heavy atom. The third-order valence-corrected chi connectivity index (χ3v) is 3.12. The fourth-order valence-corrected chi connectivity index (χ4v) is 1.65. The van der Waals surface area contributed by atoms with Gasteiger partial charge in [0.25, 0.3) is 0 Å². The number of nitrogens with zero attached hydrogens (tertiary/aromatic N) is 1. The van der Waals surface area contributed by atoms with Gasteiger partial charge in [-0.05, 0) is 24.1 Å². The van der Waals surface area contributed by atoms with Crippen LogP contribution in [0.1, 0.15) is 32.8 Å². The van der Waals surface area contributed by atoms with Crippen molar-refractivity contribution in [2.45, 2.75) is 33.7 Å². The Bertz CT molecular complexity index is 401. The number of carbonyl (C=O) groups is 1. The number of amides is 1. The highest BCUT2D eigenvalue weighted by Gasteiger charge is 2.28. The molecule has 0 spiro atoms. The van der Waals surface area contributed by atoms with E-state index in [0.29, 0.717) is 6.54 Å². The zero-order valence-corrected chi connectivity index (χ0v) is 11.0. The molecule has 0 heterocycles. The first-order valence-electron chi connectivity index (χ1n) is 5.87. The molecule has 0 aliphatic rings. The summed E-state index contributed by atoms with van der Waals surface area (Å²) in [5, 5.41) is 0. The van der Waals surface area contributed by atoms with E-state index < -0.39 is 0 Å². The quantitative estimate of drug-likeness (QED) is 0.787. The summed E-state index contributed by atoms with van der Waals surface area (Å²) in [7, 11) is 1.75. The van der Waals surface area contributed by atoms with Crippen LogP contribution in [0.15, 0.2) is 24.3 Å². The Morgan fingerprint density at radius 3 is 2.59 bits per heavy atom. The van der Waals surface area contributed by atoms with Crippen molar-refractivity contribution in [2.75, 3.05) is 7.05 Å². The third-order valence-electron chi connectivity index (χ3n) is 3.12. The number of halogens is 1. The van der Waals surface area contributed by atoms with E-state index in [1.165, 1.54) is 12.1 Å². The minimum absolute atomic E-state index is 0.0873. The second kappa shape index (κ2) is 5.30. The van der Waals surface area contributed by atoms with Gasteiger partial charge in [0.05, 0.1) is 0 Å². The summed E-state index contributed by atoms with van der Waals surface area (Å²) in [6.07, 6.45) is 0.791. The molecule has 1 amide bonds. The van der Waals surface area contributed by atoms with E-state index in [2.05, 4.69) is 0 Å². The molecule has 0 atom stereocenters. The van der Waals surface area contributed by atoms with E-state index in [9.17, 15) is 9.18 Å². The molecular weight excluding hydrogens is 217 g/mol. The lowest BCUT2D eigenvalue weighted by atomic mass is 9.88. The van der Waals surface area contributed by atoms with Crippen LogP contribution >= 0.6 is 0 Å². The Morgan fingerprint density at radius 1 is 1.41 bits per heavy atom. The molecule has 2 nitrogen and oxygen atoms in total. The van der Waals surface area contributed by atoms with Gasteiger partial charge in [0, 0.05) is 19.0 Å². The Hall–Kier alpha value is -1.38. The van der Waals surface area contributed by atoms with Crippen LogP contribution in [-0.2, 0) is 11.3 Å². The number of rotatable bonds is 4. The Balaban J connectivity index is 2.73. The molecule has 17 heavy (non-hydrogen) atoms.